The van der Waals surface area contributed by atoms with E-state index < -0.39 is 0 Å². The van der Waals surface area contributed by atoms with Crippen LogP contribution in [0.5, 0.6) is 0 Å². The molecule has 0 bridgehead atoms. The Morgan fingerprint density at radius 3 is 2.95 bits per heavy atom. The molecule has 2 aromatic heterocycles. The van der Waals surface area contributed by atoms with Gasteiger partial charge in [-0.2, -0.15) is 0 Å². The molecule has 5 nitrogen and oxygen atoms in total. The number of thiophene rings is 1. The molecule has 0 spiro atoms. The molecule has 108 valence electrons. The number of fused-ring (bicyclic) bond motifs is 3. The minimum absolute atomic E-state index is 0.730. The molecule has 20 heavy (non-hydrogen) atoms. The van der Waals surface area contributed by atoms with E-state index in [0.717, 1.165) is 47.7 Å². The van der Waals surface area contributed by atoms with Gasteiger partial charge < -0.3 is 10.2 Å². The van der Waals surface area contributed by atoms with Crippen LogP contribution < -0.4 is 11.3 Å². The van der Waals surface area contributed by atoms with Gasteiger partial charge in [-0.3, -0.25) is 0 Å². The Balaban J connectivity index is 2.00. The molecule has 3 N–H and O–H groups in total. The van der Waals surface area contributed by atoms with Crippen LogP contribution in [-0.4, -0.2) is 23.7 Å². The van der Waals surface area contributed by atoms with Crippen molar-refractivity contribution in [3.63, 3.8) is 0 Å². The number of aromatic nitrogens is 2. The zero-order valence-corrected chi connectivity index (χ0v) is 12.6. The van der Waals surface area contributed by atoms with E-state index in [2.05, 4.69) is 10.4 Å². The summed E-state index contributed by atoms with van der Waals surface area (Å²) in [5, 5.41) is 1.14. The first-order valence-electron chi connectivity index (χ1n) is 7.10. The van der Waals surface area contributed by atoms with Crippen molar-refractivity contribution < 1.29 is 4.74 Å². The number of aryl methyl sites for hydroxylation is 3. The third-order valence-corrected chi connectivity index (χ3v) is 4.93. The van der Waals surface area contributed by atoms with Crippen molar-refractivity contribution in [2.24, 2.45) is 5.84 Å². The molecule has 0 aliphatic heterocycles. The summed E-state index contributed by atoms with van der Waals surface area (Å²) < 4.78 is 5.08. The van der Waals surface area contributed by atoms with Crippen LogP contribution in [0.3, 0.4) is 0 Å². The average molecular weight is 292 g/mol. The number of ether oxygens (including phenoxy) is 1. The number of nitrogens with two attached hydrogens (primary N) is 1. The van der Waals surface area contributed by atoms with Crippen LogP contribution in [0.1, 0.15) is 35.5 Å². The van der Waals surface area contributed by atoms with Gasteiger partial charge in [0, 0.05) is 25.0 Å². The number of methoxy groups -OCH3 is 1. The van der Waals surface area contributed by atoms with E-state index in [-0.39, 0.29) is 0 Å². The lowest BCUT2D eigenvalue weighted by atomic mass is 9.97. The molecule has 0 atom stereocenters. The number of anilines is 1. The predicted molar refractivity (Wildman–Crippen MR) is 82.1 cm³/mol. The van der Waals surface area contributed by atoms with E-state index >= 15 is 0 Å². The van der Waals surface area contributed by atoms with Crippen LogP contribution in [0.25, 0.3) is 10.2 Å². The summed E-state index contributed by atoms with van der Waals surface area (Å²) in [6, 6.07) is 0. The van der Waals surface area contributed by atoms with E-state index in [0.29, 0.717) is 0 Å². The van der Waals surface area contributed by atoms with Gasteiger partial charge in [0.1, 0.15) is 10.7 Å². The Hall–Kier alpha value is -1.24. The fourth-order valence-corrected chi connectivity index (χ4v) is 4.07. The normalized spacial score (nSPS) is 14.5. The number of hydrogen-bond donors (Lipinski definition) is 2. The minimum Gasteiger partial charge on any atom is -0.385 e. The van der Waals surface area contributed by atoms with Gasteiger partial charge >= 0.3 is 0 Å². The average Bonchev–Trinajstić information content (AvgIpc) is 2.85. The van der Waals surface area contributed by atoms with E-state index in [1.807, 2.05) is 0 Å². The Labute approximate surface area is 122 Å². The maximum Gasteiger partial charge on any atom is 0.152 e. The molecular formula is C14H20N4OS. The first-order chi connectivity index (χ1) is 9.83. The van der Waals surface area contributed by atoms with Crippen molar-refractivity contribution in [3.05, 3.63) is 16.3 Å². The lowest BCUT2D eigenvalue weighted by Gasteiger charge is -2.11. The summed E-state index contributed by atoms with van der Waals surface area (Å²) in [4.78, 5) is 11.8. The van der Waals surface area contributed by atoms with Crippen molar-refractivity contribution in [2.45, 2.75) is 38.5 Å². The van der Waals surface area contributed by atoms with Crippen molar-refractivity contribution in [1.29, 1.82) is 0 Å². The topological polar surface area (TPSA) is 73.1 Å². The first kappa shape index (κ1) is 13.7. The zero-order chi connectivity index (χ0) is 13.9. The maximum atomic E-state index is 5.67. The fraction of sp³-hybridized carbons (Fsp3) is 0.571. The van der Waals surface area contributed by atoms with Crippen molar-refractivity contribution in [1.82, 2.24) is 9.97 Å². The molecule has 1 aliphatic rings. The maximum absolute atomic E-state index is 5.67. The molecular weight excluding hydrogens is 272 g/mol. The molecule has 0 saturated carbocycles. The van der Waals surface area contributed by atoms with Gasteiger partial charge in [0.05, 0.1) is 5.39 Å². The van der Waals surface area contributed by atoms with Crippen LogP contribution in [0, 0.1) is 0 Å². The number of hydrazine groups is 1. The van der Waals surface area contributed by atoms with Crippen molar-refractivity contribution in [2.75, 3.05) is 19.1 Å². The highest BCUT2D eigenvalue weighted by Crippen LogP contribution is 2.38. The molecule has 0 aromatic carbocycles. The van der Waals surface area contributed by atoms with Crippen molar-refractivity contribution in [3.8, 4) is 0 Å². The summed E-state index contributed by atoms with van der Waals surface area (Å²) >= 11 is 1.80. The highest BCUT2D eigenvalue weighted by molar-refractivity contribution is 7.19. The summed E-state index contributed by atoms with van der Waals surface area (Å²) in [5.74, 6) is 7.30. The third-order valence-electron chi connectivity index (χ3n) is 3.75. The first-order valence-corrected chi connectivity index (χ1v) is 7.92. The van der Waals surface area contributed by atoms with Gasteiger partial charge in [0.2, 0.25) is 0 Å². The Morgan fingerprint density at radius 1 is 1.30 bits per heavy atom. The largest absolute Gasteiger partial charge is 0.385 e. The summed E-state index contributed by atoms with van der Waals surface area (Å²) in [7, 11) is 1.71. The summed E-state index contributed by atoms with van der Waals surface area (Å²) in [6.07, 6.45) is 6.56. The predicted octanol–water partition coefficient (Wildman–Crippen LogP) is 2.43. The fourth-order valence-electron chi connectivity index (χ4n) is 2.79. The van der Waals surface area contributed by atoms with E-state index in [4.69, 9.17) is 15.6 Å². The zero-order valence-electron chi connectivity index (χ0n) is 11.7. The molecule has 0 radical (unpaired) electrons. The highest BCUT2D eigenvalue weighted by Gasteiger charge is 2.20. The van der Waals surface area contributed by atoms with E-state index in [1.165, 1.54) is 29.7 Å². The number of hydrogen-bond acceptors (Lipinski definition) is 6. The molecule has 0 amide bonds. The van der Waals surface area contributed by atoms with Crippen LogP contribution >= 0.6 is 11.3 Å². The van der Waals surface area contributed by atoms with Crippen LogP contribution in [0.2, 0.25) is 0 Å². The highest BCUT2D eigenvalue weighted by atomic mass is 32.1. The van der Waals surface area contributed by atoms with E-state index in [1.54, 1.807) is 18.4 Å². The van der Waals surface area contributed by atoms with Gasteiger partial charge in [-0.1, -0.05) is 0 Å². The van der Waals surface area contributed by atoms with Gasteiger partial charge in [-0.25, -0.2) is 15.8 Å². The molecule has 0 fully saturated rings. The minimum atomic E-state index is 0.730. The standard InChI is InChI=1S/C14H20N4OS/c1-19-8-4-7-11-16-13(18-15)12-9-5-2-3-6-10(9)20-14(12)17-11/h2-8,15H2,1H3,(H,16,17,18). The van der Waals surface area contributed by atoms with Crippen LogP contribution in [-0.2, 0) is 24.0 Å². The molecule has 2 aromatic rings. The van der Waals surface area contributed by atoms with Gasteiger partial charge in [-0.05, 0) is 37.7 Å². The molecule has 0 saturated heterocycles. The molecule has 1 aliphatic carbocycles. The molecule has 0 unspecified atom stereocenters. The summed E-state index contributed by atoms with van der Waals surface area (Å²) in [6.45, 7) is 0.730. The van der Waals surface area contributed by atoms with Gasteiger partial charge in [0.25, 0.3) is 0 Å². The third kappa shape index (κ3) is 2.51. The van der Waals surface area contributed by atoms with E-state index in [9.17, 15) is 0 Å². The lowest BCUT2D eigenvalue weighted by molar-refractivity contribution is 0.194. The number of rotatable bonds is 5. The van der Waals surface area contributed by atoms with Gasteiger partial charge in [0.15, 0.2) is 5.82 Å². The molecule has 3 rings (SSSR count). The SMILES string of the molecule is COCCCc1nc(NN)c2c3c(sc2n1)CCCC3. The van der Waals surface area contributed by atoms with Crippen molar-refractivity contribution >= 4 is 27.4 Å². The smallest absolute Gasteiger partial charge is 0.152 e. The quantitative estimate of drug-likeness (QED) is 0.503. The second-order valence-electron chi connectivity index (χ2n) is 5.12. The Kier molecular flexibility index (Phi) is 4.14. The Bertz CT molecular complexity index is 611. The Morgan fingerprint density at radius 2 is 2.15 bits per heavy atom. The monoisotopic (exact) mass is 292 g/mol. The molecule has 6 heteroatoms. The number of nitrogen functional groups attached to an aromatic ring is 1. The van der Waals surface area contributed by atoms with Crippen LogP contribution in [0.4, 0.5) is 5.82 Å². The summed E-state index contributed by atoms with van der Waals surface area (Å²) in [5.41, 5.74) is 4.17. The number of nitrogens with one attached hydrogen (secondary N) is 1. The second-order valence-corrected chi connectivity index (χ2v) is 6.20. The van der Waals surface area contributed by atoms with Gasteiger partial charge in [-0.15, -0.1) is 11.3 Å². The lowest BCUT2D eigenvalue weighted by Crippen LogP contribution is -2.12. The second kappa shape index (κ2) is 6.03. The number of nitrogens with zero attached hydrogens (tertiary/aromatic N) is 2. The molecule has 2 heterocycles. The van der Waals surface area contributed by atoms with Crippen LogP contribution in [0.15, 0.2) is 0 Å².